The van der Waals surface area contributed by atoms with Gasteiger partial charge in [0.15, 0.2) is 0 Å². The molecule has 0 amide bonds. The van der Waals surface area contributed by atoms with Crippen molar-refractivity contribution < 1.29 is 9.84 Å². The van der Waals surface area contributed by atoms with Gasteiger partial charge in [0.25, 0.3) is 0 Å². The number of rotatable bonds is 6. The van der Waals surface area contributed by atoms with Gasteiger partial charge in [-0.3, -0.25) is 0 Å². The summed E-state index contributed by atoms with van der Waals surface area (Å²) in [4.78, 5) is 0. The first-order chi connectivity index (χ1) is 9.73. The largest absolute Gasteiger partial charge is 0.496 e. The van der Waals surface area contributed by atoms with Crippen LogP contribution in [0, 0.1) is 0 Å². The molecule has 3 nitrogen and oxygen atoms in total. The highest BCUT2D eigenvalue weighted by atomic mass is 16.5. The normalized spacial score (nSPS) is 18.5. The first kappa shape index (κ1) is 15.3. The molecule has 1 aliphatic rings. The van der Waals surface area contributed by atoms with Crippen LogP contribution in [0.1, 0.15) is 44.1 Å². The topological polar surface area (TPSA) is 41.5 Å². The van der Waals surface area contributed by atoms with Crippen molar-refractivity contribution in [2.24, 2.45) is 0 Å². The SMILES string of the molecule is COc1ccccc1CCNCC1(O)CCCCCC1. The highest BCUT2D eigenvalue weighted by molar-refractivity contribution is 5.33. The van der Waals surface area contributed by atoms with Crippen LogP contribution in [0.25, 0.3) is 0 Å². The van der Waals surface area contributed by atoms with E-state index in [4.69, 9.17) is 4.74 Å². The van der Waals surface area contributed by atoms with Crippen LogP contribution in [-0.4, -0.2) is 30.9 Å². The van der Waals surface area contributed by atoms with E-state index < -0.39 is 5.60 Å². The van der Waals surface area contributed by atoms with Crippen LogP contribution >= 0.6 is 0 Å². The number of benzene rings is 1. The molecule has 2 N–H and O–H groups in total. The maximum Gasteiger partial charge on any atom is 0.122 e. The van der Waals surface area contributed by atoms with Gasteiger partial charge < -0.3 is 15.2 Å². The summed E-state index contributed by atoms with van der Waals surface area (Å²) in [5.74, 6) is 0.947. The zero-order valence-corrected chi connectivity index (χ0v) is 12.5. The Labute approximate surface area is 122 Å². The number of hydrogen-bond acceptors (Lipinski definition) is 3. The first-order valence-corrected chi connectivity index (χ1v) is 7.78. The zero-order valence-electron chi connectivity index (χ0n) is 12.5. The van der Waals surface area contributed by atoms with Crippen LogP contribution in [0.4, 0.5) is 0 Å². The molecule has 0 aliphatic heterocycles. The van der Waals surface area contributed by atoms with Gasteiger partial charge in [0.05, 0.1) is 12.7 Å². The molecule has 0 bridgehead atoms. The maximum absolute atomic E-state index is 10.6. The lowest BCUT2D eigenvalue weighted by molar-refractivity contribution is 0.0256. The van der Waals surface area contributed by atoms with Crippen LogP contribution in [0.2, 0.25) is 0 Å². The van der Waals surface area contributed by atoms with E-state index in [9.17, 15) is 5.11 Å². The summed E-state index contributed by atoms with van der Waals surface area (Å²) in [5.41, 5.74) is 0.729. The number of hydrogen-bond donors (Lipinski definition) is 2. The van der Waals surface area contributed by atoms with Crippen LogP contribution in [-0.2, 0) is 6.42 Å². The third-order valence-corrected chi connectivity index (χ3v) is 4.25. The maximum atomic E-state index is 10.6. The lowest BCUT2D eigenvalue weighted by Gasteiger charge is -2.27. The molecule has 0 atom stereocenters. The molecular formula is C17H27NO2. The first-order valence-electron chi connectivity index (χ1n) is 7.78. The molecule has 1 aromatic carbocycles. The molecule has 0 saturated heterocycles. The molecule has 3 heteroatoms. The van der Waals surface area contributed by atoms with Crippen LogP contribution in [0.5, 0.6) is 5.75 Å². The quantitative estimate of drug-likeness (QED) is 0.620. The van der Waals surface area contributed by atoms with E-state index in [0.717, 1.165) is 44.4 Å². The number of para-hydroxylation sites is 1. The minimum absolute atomic E-state index is 0.489. The summed E-state index contributed by atoms with van der Waals surface area (Å²) in [6, 6.07) is 8.12. The molecule has 1 fully saturated rings. The third kappa shape index (κ3) is 4.50. The Bertz CT molecular complexity index is 398. The van der Waals surface area contributed by atoms with E-state index in [0.29, 0.717) is 6.54 Å². The standard InChI is InChI=1S/C17H27NO2/c1-20-16-9-5-4-8-15(16)10-13-18-14-17(19)11-6-2-3-7-12-17/h4-5,8-9,18-19H,2-3,6-7,10-14H2,1H3. The molecule has 1 aromatic rings. The fourth-order valence-electron chi connectivity index (χ4n) is 3.02. The van der Waals surface area contributed by atoms with Gasteiger partial charge in [-0.2, -0.15) is 0 Å². The van der Waals surface area contributed by atoms with Gasteiger partial charge >= 0.3 is 0 Å². The monoisotopic (exact) mass is 277 g/mol. The van der Waals surface area contributed by atoms with Crippen molar-refractivity contribution >= 4 is 0 Å². The second-order valence-electron chi connectivity index (χ2n) is 5.88. The molecule has 2 rings (SSSR count). The minimum atomic E-state index is -0.489. The Kier molecular flexibility index (Phi) is 5.86. The van der Waals surface area contributed by atoms with Crippen molar-refractivity contribution in [2.45, 2.75) is 50.5 Å². The smallest absolute Gasteiger partial charge is 0.122 e. The fourth-order valence-corrected chi connectivity index (χ4v) is 3.02. The van der Waals surface area contributed by atoms with E-state index in [2.05, 4.69) is 11.4 Å². The lowest BCUT2D eigenvalue weighted by Crippen LogP contribution is -2.40. The van der Waals surface area contributed by atoms with Crippen LogP contribution < -0.4 is 10.1 Å². The molecule has 0 heterocycles. The summed E-state index contributed by atoms with van der Waals surface area (Å²) in [6.45, 7) is 1.59. The molecule has 0 radical (unpaired) electrons. The Hall–Kier alpha value is -1.06. The summed E-state index contributed by atoms with van der Waals surface area (Å²) >= 11 is 0. The van der Waals surface area contributed by atoms with E-state index in [-0.39, 0.29) is 0 Å². The highest BCUT2D eigenvalue weighted by Crippen LogP contribution is 2.26. The minimum Gasteiger partial charge on any atom is -0.496 e. The van der Waals surface area contributed by atoms with Crippen molar-refractivity contribution in [1.29, 1.82) is 0 Å². The Morgan fingerprint density at radius 1 is 1.15 bits per heavy atom. The molecule has 112 valence electrons. The number of ether oxygens (including phenoxy) is 1. The van der Waals surface area contributed by atoms with Gasteiger partial charge in [-0.1, -0.05) is 43.9 Å². The van der Waals surface area contributed by atoms with Gasteiger partial charge in [0.2, 0.25) is 0 Å². The molecule has 0 aromatic heterocycles. The number of aliphatic hydroxyl groups is 1. The van der Waals surface area contributed by atoms with Crippen molar-refractivity contribution in [3.63, 3.8) is 0 Å². The number of methoxy groups -OCH3 is 1. The highest BCUT2D eigenvalue weighted by Gasteiger charge is 2.27. The van der Waals surface area contributed by atoms with Crippen molar-refractivity contribution in [1.82, 2.24) is 5.32 Å². The van der Waals surface area contributed by atoms with Crippen molar-refractivity contribution in [3.05, 3.63) is 29.8 Å². The second kappa shape index (κ2) is 7.65. The van der Waals surface area contributed by atoms with Crippen molar-refractivity contribution in [2.75, 3.05) is 20.2 Å². The summed E-state index contributed by atoms with van der Waals surface area (Å²) in [7, 11) is 1.71. The summed E-state index contributed by atoms with van der Waals surface area (Å²) < 4.78 is 5.35. The Morgan fingerprint density at radius 3 is 2.55 bits per heavy atom. The average Bonchev–Trinajstić information content (AvgIpc) is 2.69. The van der Waals surface area contributed by atoms with E-state index in [1.807, 2.05) is 18.2 Å². The average molecular weight is 277 g/mol. The van der Waals surface area contributed by atoms with Crippen LogP contribution in [0.3, 0.4) is 0 Å². The molecule has 0 unspecified atom stereocenters. The summed E-state index contributed by atoms with van der Waals surface area (Å²) in [5, 5.41) is 14.0. The zero-order chi connectivity index (χ0) is 14.3. The van der Waals surface area contributed by atoms with E-state index in [1.54, 1.807) is 7.11 Å². The predicted molar refractivity (Wildman–Crippen MR) is 82.2 cm³/mol. The number of nitrogens with one attached hydrogen (secondary N) is 1. The van der Waals surface area contributed by atoms with Crippen LogP contribution in [0.15, 0.2) is 24.3 Å². The molecule has 1 saturated carbocycles. The van der Waals surface area contributed by atoms with E-state index >= 15 is 0 Å². The Balaban J connectivity index is 1.75. The van der Waals surface area contributed by atoms with Gasteiger partial charge in [-0.15, -0.1) is 0 Å². The van der Waals surface area contributed by atoms with Gasteiger partial charge in [-0.25, -0.2) is 0 Å². The molecule has 20 heavy (non-hydrogen) atoms. The molecule has 0 spiro atoms. The second-order valence-corrected chi connectivity index (χ2v) is 5.88. The fraction of sp³-hybridized carbons (Fsp3) is 0.647. The molecular weight excluding hydrogens is 250 g/mol. The van der Waals surface area contributed by atoms with Gasteiger partial charge in [0, 0.05) is 6.54 Å². The predicted octanol–water partition coefficient (Wildman–Crippen LogP) is 2.91. The van der Waals surface area contributed by atoms with E-state index in [1.165, 1.54) is 18.4 Å². The Morgan fingerprint density at radius 2 is 1.85 bits per heavy atom. The molecule has 1 aliphatic carbocycles. The summed E-state index contributed by atoms with van der Waals surface area (Å²) in [6.07, 6.45) is 7.66. The van der Waals surface area contributed by atoms with Crippen molar-refractivity contribution in [3.8, 4) is 5.75 Å². The third-order valence-electron chi connectivity index (χ3n) is 4.25. The van der Waals surface area contributed by atoms with Gasteiger partial charge in [0.1, 0.15) is 5.75 Å². The van der Waals surface area contributed by atoms with Gasteiger partial charge in [-0.05, 0) is 37.4 Å². The lowest BCUT2D eigenvalue weighted by atomic mass is 9.94.